The molecule has 0 saturated heterocycles. The minimum Gasteiger partial charge on any atom is -0.456 e. The summed E-state index contributed by atoms with van der Waals surface area (Å²) in [4.78, 5) is 0. The maximum Gasteiger partial charge on any atom is 0.135 e. The van der Waals surface area contributed by atoms with E-state index in [-0.39, 0.29) is 0 Å². The molecule has 0 spiro atoms. The molecule has 0 unspecified atom stereocenters. The second-order valence-corrected chi connectivity index (χ2v) is 12.0. The highest BCUT2D eigenvalue weighted by Crippen LogP contribution is 2.50. The van der Waals surface area contributed by atoms with E-state index in [2.05, 4.69) is 152 Å². The summed E-state index contributed by atoms with van der Waals surface area (Å²) >= 11 is 0. The van der Waals surface area contributed by atoms with Gasteiger partial charge in [-0.3, -0.25) is 0 Å². The van der Waals surface area contributed by atoms with Crippen LogP contribution in [0.2, 0.25) is 0 Å². The van der Waals surface area contributed by atoms with Crippen LogP contribution in [0.25, 0.3) is 87.2 Å². The van der Waals surface area contributed by atoms with Gasteiger partial charge in [0.1, 0.15) is 11.5 Å². The Labute approximate surface area is 260 Å². The highest BCUT2D eigenvalue weighted by atomic mass is 16.5. The van der Waals surface area contributed by atoms with E-state index in [9.17, 15) is 0 Å². The van der Waals surface area contributed by atoms with Gasteiger partial charge in [0.15, 0.2) is 0 Å². The third-order valence-corrected chi connectivity index (χ3v) is 9.64. The van der Waals surface area contributed by atoms with Crippen molar-refractivity contribution >= 4 is 53.9 Å². The number of fused-ring (bicyclic) bond motifs is 10. The summed E-state index contributed by atoms with van der Waals surface area (Å²) in [5, 5.41) is 12.6. The molecule has 0 amide bonds. The van der Waals surface area contributed by atoms with Crippen LogP contribution < -0.4 is 4.74 Å². The summed E-state index contributed by atoms with van der Waals surface area (Å²) in [6.45, 7) is 0. The zero-order valence-electron chi connectivity index (χ0n) is 24.4. The molecule has 0 N–H and O–H groups in total. The lowest BCUT2D eigenvalue weighted by molar-refractivity contribution is 0.487. The molecule has 45 heavy (non-hydrogen) atoms. The fourth-order valence-corrected chi connectivity index (χ4v) is 7.66. The SMILES string of the molecule is c1ccc(-c2ccc3c(c2)c2ccccc2c2cc(-c4ccc5c6c(cccc46)-c4ccccc4O5)c4ccccc4c32)cc1. The Balaban J connectivity index is 1.33. The largest absolute Gasteiger partial charge is 0.456 e. The quantitative estimate of drug-likeness (QED) is 0.188. The summed E-state index contributed by atoms with van der Waals surface area (Å²) in [5.41, 5.74) is 7.30. The van der Waals surface area contributed by atoms with E-state index in [1.54, 1.807) is 0 Å². The average molecular weight is 571 g/mol. The topological polar surface area (TPSA) is 9.23 Å². The van der Waals surface area contributed by atoms with Crippen LogP contribution in [-0.2, 0) is 0 Å². The third kappa shape index (κ3) is 3.50. The van der Waals surface area contributed by atoms with Crippen molar-refractivity contribution in [1.29, 1.82) is 0 Å². The number of hydrogen-bond acceptors (Lipinski definition) is 1. The van der Waals surface area contributed by atoms with E-state index in [0.29, 0.717) is 0 Å². The Morgan fingerprint density at radius 2 is 0.933 bits per heavy atom. The van der Waals surface area contributed by atoms with Crippen molar-refractivity contribution in [2.75, 3.05) is 0 Å². The Hall–Kier alpha value is -5.92. The molecule has 1 aliphatic rings. The smallest absolute Gasteiger partial charge is 0.135 e. The molecule has 0 radical (unpaired) electrons. The summed E-state index contributed by atoms with van der Waals surface area (Å²) in [7, 11) is 0. The first-order valence-electron chi connectivity index (χ1n) is 15.5. The molecule has 208 valence electrons. The van der Waals surface area contributed by atoms with Gasteiger partial charge in [-0.25, -0.2) is 0 Å². The zero-order valence-corrected chi connectivity index (χ0v) is 24.4. The molecule has 0 aliphatic carbocycles. The Kier molecular flexibility index (Phi) is 5.06. The van der Waals surface area contributed by atoms with Crippen LogP contribution >= 0.6 is 0 Å². The fourth-order valence-electron chi connectivity index (χ4n) is 7.66. The van der Waals surface area contributed by atoms with Crippen molar-refractivity contribution in [3.05, 3.63) is 158 Å². The molecule has 10 rings (SSSR count). The van der Waals surface area contributed by atoms with Crippen LogP contribution in [-0.4, -0.2) is 0 Å². The minimum absolute atomic E-state index is 0.912. The lowest BCUT2D eigenvalue weighted by Crippen LogP contribution is -1.98. The van der Waals surface area contributed by atoms with Crippen LogP contribution in [0.5, 0.6) is 11.5 Å². The molecule has 0 atom stereocenters. The number of para-hydroxylation sites is 1. The maximum absolute atomic E-state index is 6.45. The van der Waals surface area contributed by atoms with Gasteiger partial charge >= 0.3 is 0 Å². The van der Waals surface area contributed by atoms with E-state index in [1.807, 2.05) is 6.07 Å². The summed E-state index contributed by atoms with van der Waals surface area (Å²) < 4.78 is 6.45. The van der Waals surface area contributed by atoms with E-state index in [4.69, 9.17) is 4.74 Å². The third-order valence-electron chi connectivity index (χ3n) is 9.64. The second-order valence-electron chi connectivity index (χ2n) is 12.0. The van der Waals surface area contributed by atoms with Crippen molar-refractivity contribution in [2.45, 2.75) is 0 Å². The molecular formula is C44H26O. The number of benzene rings is 9. The fraction of sp³-hybridized carbons (Fsp3) is 0. The molecule has 1 heterocycles. The first kappa shape index (κ1) is 24.5. The van der Waals surface area contributed by atoms with Crippen LogP contribution in [0.3, 0.4) is 0 Å². The first-order valence-corrected chi connectivity index (χ1v) is 15.5. The molecule has 0 aromatic heterocycles. The van der Waals surface area contributed by atoms with Gasteiger partial charge in [-0.15, -0.1) is 0 Å². The monoisotopic (exact) mass is 570 g/mol. The highest BCUT2D eigenvalue weighted by Gasteiger charge is 2.22. The van der Waals surface area contributed by atoms with Crippen molar-refractivity contribution in [2.24, 2.45) is 0 Å². The number of rotatable bonds is 2. The number of hydrogen-bond donors (Lipinski definition) is 0. The predicted octanol–water partition coefficient (Wildman–Crippen LogP) is 12.6. The molecule has 1 aliphatic heterocycles. The van der Waals surface area contributed by atoms with Gasteiger partial charge < -0.3 is 4.74 Å². The summed E-state index contributed by atoms with van der Waals surface area (Å²) in [6, 6.07) is 57.3. The van der Waals surface area contributed by atoms with Crippen LogP contribution in [0.15, 0.2) is 158 Å². The zero-order chi connectivity index (χ0) is 29.5. The standard InChI is InChI=1S/C44H26O/c1-2-11-27(12-3-1)28-21-22-37-38(25-28)29-13-4-5-14-30(29)40-26-39(31-15-6-7-17-34(31)43(37)40)32-23-24-42-44-35(32)18-10-19-36(44)33-16-8-9-20-41(33)45-42/h1-26H. The van der Waals surface area contributed by atoms with Crippen molar-refractivity contribution in [3.63, 3.8) is 0 Å². The van der Waals surface area contributed by atoms with Gasteiger partial charge in [-0.1, -0.05) is 133 Å². The van der Waals surface area contributed by atoms with E-state index < -0.39 is 0 Å². The lowest BCUT2D eigenvalue weighted by atomic mass is 9.85. The van der Waals surface area contributed by atoms with Gasteiger partial charge in [0.25, 0.3) is 0 Å². The molecule has 0 bridgehead atoms. The molecule has 9 aromatic carbocycles. The summed E-state index contributed by atoms with van der Waals surface area (Å²) in [5.74, 6) is 1.83. The molecule has 1 heteroatoms. The Morgan fingerprint density at radius 3 is 1.80 bits per heavy atom. The van der Waals surface area contributed by atoms with Gasteiger partial charge in [0.2, 0.25) is 0 Å². The Bertz CT molecular complexity index is 2670. The van der Waals surface area contributed by atoms with Crippen LogP contribution in [0.1, 0.15) is 0 Å². The van der Waals surface area contributed by atoms with Gasteiger partial charge in [-0.2, -0.15) is 0 Å². The van der Waals surface area contributed by atoms with Gasteiger partial charge in [-0.05, 0) is 101 Å². The van der Waals surface area contributed by atoms with E-state index in [0.717, 1.165) is 17.1 Å². The second kappa shape index (κ2) is 9.29. The van der Waals surface area contributed by atoms with Crippen molar-refractivity contribution in [1.82, 2.24) is 0 Å². The average Bonchev–Trinajstić information content (AvgIpc) is 3.12. The maximum atomic E-state index is 6.45. The molecule has 9 aromatic rings. The van der Waals surface area contributed by atoms with E-state index >= 15 is 0 Å². The van der Waals surface area contributed by atoms with Crippen molar-refractivity contribution in [3.8, 4) is 44.9 Å². The lowest BCUT2D eigenvalue weighted by Gasteiger charge is -2.23. The minimum atomic E-state index is 0.912. The van der Waals surface area contributed by atoms with Gasteiger partial charge in [0.05, 0.1) is 0 Å². The molecular weight excluding hydrogens is 544 g/mol. The molecule has 1 nitrogen and oxygen atoms in total. The van der Waals surface area contributed by atoms with Crippen molar-refractivity contribution < 1.29 is 4.74 Å². The van der Waals surface area contributed by atoms with Crippen LogP contribution in [0.4, 0.5) is 0 Å². The first-order chi connectivity index (χ1) is 22.3. The normalized spacial score (nSPS) is 12.2. The Morgan fingerprint density at radius 1 is 0.267 bits per heavy atom. The number of ether oxygens (including phenoxy) is 1. The van der Waals surface area contributed by atoms with Crippen LogP contribution in [0, 0.1) is 0 Å². The van der Waals surface area contributed by atoms with Gasteiger partial charge in [0, 0.05) is 10.9 Å². The predicted molar refractivity (Wildman–Crippen MR) is 190 cm³/mol. The molecule has 0 saturated carbocycles. The van der Waals surface area contributed by atoms with E-state index in [1.165, 1.54) is 81.7 Å². The highest BCUT2D eigenvalue weighted by molar-refractivity contribution is 6.33. The summed E-state index contributed by atoms with van der Waals surface area (Å²) in [6.07, 6.45) is 0. The molecule has 0 fully saturated rings.